The zero-order chi connectivity index (χ0) is 12.8. The smallest absolute Gasteiger partial charge is 0.336 e. The summed E-state index contributed by atoms with van der Waals surface area (Å²) >= 11 is 0. The second kappa shape index (κ2) is 6.88. The molecule has 0 aliphatic rings. The van der Waals surface area contributed by atoms with Crippen molar-refractivity contribution in [3.05, 3.63) is 0 Å². The van der Waals surface area contributed by atoms with E-state index >= 15 is 0 Å². The van der Waals surface area contributed by atoms with Gasteiger partial charge in [0.1, 0.15) is 6.23 Å². The fraction of sp³-hybridized carbons (Fsp3) is 0.900. The second-order valence-corrected chi connectivity index (χ2v) is 7.64. The fourth-order valence-corrected chi connectivity index (χ4v) is 4.94. The maximum atomic E-state index is 5.87. The van der Waals surface area contributed by atoms with E-state index in [4.69, 9.17) is 20.3 Å². The number of nitrogens with two attached hydrogens (primary N) is 2. The molecule has 0 aromatic heterocycles. The zero-order valence-electron chi connectivity index (χ0n) is 11.0. The van der Waals surface area contributed by atoms with Gasteiger partial charge in [-0.15, -0.1) is 0 Å². The maximum Gasteiger partial charge on any atom is 0.336 e. The van der Waals surface area contributed by atoms with Gasteiger partial charge in [0.15, 0.2) is 5.96 Å². The maximum absolute atomic E-state index is 5.87. The van der Waals surface area contributed by atoms with Crippen molar-refractivity contribution in [2.75, 3.05) is 6.61 Å². The van der Waals surface area contributed by atoms with Crippen LogP contribution in [0.1, 0.15) is 27.7 Å². The SMILES string of the molecule is CCO[Si](C)(CC(C)C)OC(C)N=C(N)N. The summed E-state index contributed by atoms with van der Waals surface area (Å²) in [5, 5.41) is 0. The minimum Gasteiger partial charge on any atom is -0.395 e. The van der Waals surface area contributed by atoms with Crippen LogP contribution in [0.2, 0.25) is 12.6 Å². The molecule has 96 valence electrons. The zero-order valence-corrected chi connectivity index (χ0v) is 12.0. The highest BCUT2D eigenvalue weighted by Crippen LogP contribution is 2.21. The average Bonchev–Trinajstić information content (AvgIpc) is 1.98. The van der Waals surface area contributed by atoms with Gasteiger partial charge in [0.2, 0.25) is 0 Å². The molecule has 0 saturated heterocycles. The largest absolute Gasteiger partial charge is 0.395 e. The molecular weight excluding hydrogens is 222 g/mol. The molecule has 5 nitrogen and oxygen atoms in total. The van der Waals surface area contributed by atoms with E-state index in [1.54, 1.807) is 0 Å². The van der Waals surface area contributed by atoms with E-state index in [2.05, 4.69) is 25.4 Å². The van der Waals surface area contributed by atoms with Gasteiger partial charge in [-0.05, 0) is 32.4 Å². The third-order valence-corrected chi connectivity index (χ3v) is 5.28. The molecule has 0 aliphatic heterocycles. The summed E-state index contributed by atoms with van der Waals surface area (Å²) in [5.74, 6) is 0.583. The molecule has 2 unspecified atom stereocenters. The second-order valence-electron chi connectivity index (χ2n) is 4.44. The molecule has 6 heteroatoms. The molecule has 0 heterocycles. The first kappa shape index (κ1) is 15.4. The lowest BCUT2D eigenvalue weighted by Crippen LogP contribution is -2.43. The van der Waals surface area contributed by atoms with Crippen LogP contribution in [-0.4, -0.2) is 27.4 Å². The van der Waals surface area contributed by atoms with Crippen molar-refractivity contribution in [1.29, 1.82) is 0 Å². The topological polar surface area (TPSA) is 82.9 Å². The first-order valence-electron chi connectivity index (χ1n) is 5.69. The Kier molecular flexibility index (Phi) is 6.62. The number of aliphatic imine (C=N–C) groups is 1. The Morgan fingerprint density at radius 3 is 2.25 bits per heavy atom. The van der Waals surface area contributed by atoms with E-state index in [0.29, 0.717) is 12.5 Å². The van der Waals surface area contributed by atoms with Gasteiger partial charge in [0.05, 0.1) is 0 Å². The highest BCUT2D eigenvalue weighted by Gasteiger charge is 2.34. The summed E-state index contributed by atoms with van der Waals surface area (Å²) in [6, 6.07) is 0.936. The first-order valence-corrected chi connectivity index (χ1v) is 8.22. The number of hydrogen-bond acceptors (Lipinski definition) is 3. The Labute approximate surface area is 99.5 Å². The summed E-state index contributed by atoms with van der Waals surface area (Å²) in [6.45, 7) is 10.8. The molecule has 0 radical (unpaired) electrons. The van der Waals surface area contributed by atoms with E-state index in [0.717, 1.165) is 6.04 Å². The monoisotopic (exact) mass is 247 g/mol. The van der Waals surface area contributed by atoms with Gasteiger partial charge in [-0.1, -0.05) is 13.8 Å². The third kappa shape index (κ3) is 6.81. The fourth-order valence-electron chi connectivity index (χ4n) is 1.79. The Balaban J connectivity index is 4.47. The minimum atomic E-state index is -2.16. The van der Waals surface area contributed by atoms with E-state index in [1.807, 2.05) is 13.8 Å². The summed E-state index contributed by atoms with van der Waals surface area (Å²) in [4.78, 5) is 3.96. The Morgan fingerprint density at radius 1 is 1.31 bits per heavy atom. The van der Waals surface area contributed by atoms with Crippen LogP contribution in [0.4, 0.5) is 0 Å². The quantitative estimate of drug-likeness (QED) is 0.404. The van der Waals surface area contributed by atoms with Gasteiger partial charge in [-0.2, -0.15) is 0 Å². The van der Waals surface area contributed by atoms with Gasteiger partial charge in [-0.25, -0.2) is 4.99 Å². The summed E-state index contributed by atoms with van der Waals surface area (Å²) in [6.07, 6.45) is -0.341. The van der Waals surface area contributed by atoms with Crippen molar-refractivity contribution < 1.29 is 8.85 Å². The van der Waals surface area contributed by atoms with Gasteiger partial charge >= 0.3 is 8.56 Å². The van der Waals surface area contributed by atoms with Crippen LogP contribution in [0.25, 0.3) is 0 Å². The molecule has 0 saturated carbocycles. The van der Waals surface area contributed by atoms with Gasteiger partial charge in [-0.3, -0.25) is 0 Å². The molecule has 0 amide bonds. The highest BCUT2D eigenvalue weighted by atomic mass is 28.4. The van der Waals surface area contributed by atoms with Gasteiger partial charge < -0.3 is 20.3 Å². The normalized spacial score (nSPS) is 16.9. The van der Waals surface area contributed by atoms with Crippen molar-refractivity contribution in [2.24, 2.45) is 22.4 Å². The van der Waals surface area contributed by atoms with Crippen LogP contribution in [0.15, 0.2) is 4.99 Å². The Morgan fingerprint density at radius 2 is 1.88 bits per heavy atom. The molecule has 0 aliphatic carbocycles. The number of nitrogens with zero attached hydrogens (tertiary/aromatic N) is 1. The molecule has 0 aromatic carbocycles. The Bertz CT molecular complexity index is 232. The van der Waals surface area contributed by atoms with Crippen molar-refractivity contribution in [3.63, 3.8) is 0 Å². The van der Waals surface area contributed by atoms with E-state index < -0.39 is 8.56 Å². The van der Waals surface area contributed by atoms with Crippen LogP contribution in [-0.2, 0) is 8.85 Å². The first-order chi connectivity index (χ1) is 7.29. The van der Waals surface area contributed by atoms with E-state index in [1.165, 1.54) is 0 Å². The van der Waals surface area contributed by atoms with Gasteiger partial charge in [0.25, 0.3) is 0 Å². The van der Waals surface area contributed by atoms with Crippen LogP contribution < -0.4 is 11.5 Å². The van der Waals surface area contributed by atoms with Crippen LogP contribution in [0.3, 0.4) is 0 Å². The number of guanidine groups is 1. The predicted molar refractivity (Wildman–Crippen MR) is 69.2 cm³/mol. The number of rotatable bonds is 7. The lowest BCUT2D eigenvalue weighted by Gasteiger charge is -2.29. The number of hydrogen-bond donors (Lipinski definition) is 2. The van der Waals surface area contributed by atoms with Crippen molar-refractivity contribution in [2.45, 2.75) is 46.5 Å². The summed E-state index contributed by atoms with van der Waals surface area (Å²) < 4.78 is 11.6. The lowest BCUT2D eigenvalue weighted by molar-refractivity contribution is 0.133. The average molecular weight is 247 g/mol. The third-order valence-electron chi connectivity index (χ3n) is 1.98. The summed E-state index contributed by atoms with van der Waals surface area (Å²) in [7, 11) is -2.16. The molecule has 0 bridgehead atoms. The van der Waals surface area contributed by atoms with E-state index in [-0.39, 0.29) is 12.2 Å². The van der Waals surface area contributed by atoms with Crippen molar-refractivity contribution >= 4 is 14.5 Å². The molecule has 0 rings (SSSR count). The van der Waals surface area contributed by atoms with Gasteiger partial charge in [0, 0.05) is 6.61 Å². The molecule has 0 aromatic rings. The molecule has 2 atom stereocenters. The minimum absolute atomic E-state index is 0.0462. The summed E-state index contributed by atoms with van der Waals surface area (Å²) in [5.41, 5.74) is 10.6. The van der Waals surface area contributed by atoms with Crippen LogP contribution >= 0.6 is 0 Å². The van der Waals surface area contributed by atoms with Crippen molar-refractivity contribution in [3.8, 4) is 0 Å². The predicted octanol–water partition coefficient (Wildman–Crippen LogP) is 1.39. The standard InChI is InChI=1S/C10H25N3O2Si/c1-6-14-16(5,7-8(2)3)15-9(4)13-10(11)12/h8-9H,6-7H2,1-5H3,(H4,11,12,13). The molecular formula is C10H25N3O2Si. The van der Waals surface area contributed by atoms with Crippen LogP contribution in [0.5, 0.6) is 0 Å². The molecule has 4 N–H and O–H groups in total. The molecule has 16 heavy (non-hydrogen) atoms. The van der Waals surface area contributed by atoms with Crippen molar-refractivity contribution in [1.82, 2.24) is 0 Å². The Hall–Kier alpha value is -0.593. The highest BCUT2D eigenvalue weighted by molar-refractivity contribution is 6.66. The lowest BCUT2D eigenvalue weighted by atomic mass is 10.3. The molecule has 0 spiro atoms. The molecule has 0 fully saturated rings. The van der Waals surface area contributed by atoms with E-state index in [9.17, 15) is 0 Å². The van der Waals surface area contributed by atoms with Crippen LogP contribution in [0, 0.1) is 5.92 Å².